The van der Waals surface area contributed by atoms with E-state index in [-0.39, 0.29) is 5.91 Å². The lowest BCUT2D eigenvalue weighted by Crippen LogP contribution is -2.47. The molecule has 0 heterocycles. The standard InChI is InChI=1S/C17H25N3O2S/c1-4-14-6-8-15(9-7-14)10-11-16(21)19-20(2)17(23)18-12-5-13-22-3/h6-11H,4-5,12-13H2,1-3H3,(H,18,23)(H,19,21)/b11-10+. The van der Waals surface area contributed by atoms with E-state index in [9.17, 15) is 4.79 Å². The Morgan fingerprint density at radius 3 is 2.65 bits per heavy atom. The highest BCUT2D eigenvalue weighted by molar-refractivity contribution is 7.80. The summed E-state index contributed by atoms with van der Waals surface area (Å²) in [5, 5.41) is 5.01. The van der Waals surface area contributed by atoms with Gasteiger partial charge in [0, 0.05) is 33.4 Å². The fourth-order valence-electron chi connectivity index (χ4n) is 1.82. The van der Waals surface area contributed by atoms with E-state index >= 15 is 0 Å². The zero-order valence-corrected chi connectivity index (χ0v) is 14.8. The first-order valence-electron chi connectivity index (χ1n) is 7.65. The molecule has 0 saturated carbocycles. The Morgan fingerprint density at radius 1 is 1.35 bits per heavy atom. The van der Waals surface area contributed by atoms with Crippen molar-refractivity contribution in [1.82, 2.24) is 15.8 Å². The molecule has 0 saturated heterocycles. The molecule has 0 radical (unpaired) electrons. The molecule has 1 rings (SSSR count). The second-order valence-electron chi connectivity index (χ2n) is 5.04. The van der Waals surface area contributed by atoms with Crippen LogP contribution in [0.15, 0.2) is 30.3 Å². The van der Waals surface area contributed by atoms with Gasteiger partial charge in [-0.3, -0.25) is 15.2 Å². The Kier molecular flexibility index (Phi) is 8.94. The van der Waals surface area contributed by atoms with Gasteiger partial charge in [0.25, 0.3) is 5.91 Å². The maximum absolute atomic E-state index is 11.9. The van der Waals surface area contributed by atoms with Gasteiger partial charge in [0.05, 0.1) is 0 Å². The predicted molar refractivity (Wildman–Crippen MR) is 97.9 cm³/mol. The predicted octanol–water partition coefficient (Wildman–Crippen LogP) is 2.14. The molecule has 0 bridgehead atoms. The number of rotatable bonds is 7. The third-order valence-corrected chi connectivity index (χ3v) is 3.62. The van der Waals surface area contributed by atoms with Crippen molar-refractivity contribution in [2.75, 3.05) is 27.3 Å². The van der Waals surface area contributed by atoms with E-state index in [4.69, 9.17) is 17.0 Å². The molecule has 2 N–H and O–H groups in total. The van der Waals surface area contributed by atoms with E-state index in [0.29, 0.717) is 18.3 Å². The van der Waals surface area contributed by atoms with Gasteiger partial charge in [0.15, 0.2) is 5.11 Å². The summed E-state index contributed by atoms with van der Waals surface area (Å²) in [4.78, 5) is 11.9. The van der Waals surface area contributed by atoms with E-state index < -0.39 is 0 Å². The monoisotopic (exact) mass is 335 g/mol. The summed E-state index contributed by atoms with van der Waals surface area (Å²) in [6.45, 7) is 3.48. The van der Waals surface area contributed by atoms with Crippen molar-refractivity contribution < 1.29 is 9.53 Å². The molecule has 0 fully saturated rings. The molecule has 1 aromatic rings. The van der Waals surface area contributed by atoms with Crippen molar-refractivity contribution in [3.63, 3.8) is 0 Å². The van der Waals surface area contributed by atoms with Gasteiger partial charge >= 0.3 is 0 Å². The van der Waals surface area contributed by atoms with Crippen molar-refractivity contribution in [3.05, 3.63) is 41.5 Å². The number of ether oxygens (including phenoxy) is 1. The van der Waals surface area contributed by atoms with Crippen LogP contribution in [0.5, 0.6) is 0 Å². The van der Waals surface area contributed by atoms with Crippen LogP contribution in [0, 0.1) is 0 Å². The van der Waals surface area contributed by atoms with Gasteiger partial charge in [-0.1, -0.05) is 31.2 Å². The lowest BCUT2D eigenvalue weighted by Gasteiger charge is -2.20. The summed E-state index contributed by atoms with van der Waals surface area (Å²) >= 11 is 5.19. The number of hydrazine groups is 1. The van der Waals surface area contributed by atoms with Gasteiger partial charge in [0.1, 0.15) is 0 Å². The summed E-state index contributed by atoms with van der Waals surface area (Å²) in [7, 11) is 3.36. The highest BCUT2D eigenvalue weighted by atomic mass is 32.1. The SMILES string of the molecule is CCc1ccc(/C=C/C(=O)NN(C)C(=S)NCCCOC)cc1. The van der Waals surface area contributed by atoms with Crippen LogP contribution in [0.4, 0.5) is 0 Å². The fourth-order valence-corrected chi connectivity index (χ4v) is 1.97. The van der Waals surface area contributed by atoms with Gasteiger partial charge < -0.3 is 10.1 Å². The lowest BCUT2D eigenvalue weighted by molar-refractivity contribution is -0.119. The number of amides is 1. The van der Waals surface area contributed by atoms with Gasteiger partial charge in [0.2, 0.25) is 0 Å². The number of nitrogens with one attached hydrogen (secondary N) is 2. The number of methoxy groups -OCH3 is 1. The van der Waals surface area contributed by atoms with Crippen LogP contribution < -0.4 is 10.7 Å². The number of aryl methyl sites for hydroxylation is 1. The molecular weight excluding hydrogens is 310 g/mol. The molecule has 23 heavy (non-hydrogen) atoms. The third kappa shape index (κ3) is 7.76. The van der Waals surface area contributed by atoms with Crippen LogP contribution in [0.3, 0.4) is 0 Å². The van der Waals surface area contributed by atoms with E-state index in [2.05, 4.69) is 29.8 Å². The number of carbonyl (C=O) groups excluding carboxylic acids is 1. The molecule has 6 heteroatoms. The maximum atomic E-state index is 11.9. The van der Waals surface area contributed by atoms with Gasteiger partial charge in [-0.2, -0.15) is 0 Å². The normalized spacial score (nSPS) is 10.6. The maximum Gasteiger partial charge on any atom is 0.262 e. The molecule has 0 spiro atoms. The second-order valence-corrected chi connectivity index (χ2v) is 5.43. The minimum Gasteiger partial charge on any atom is -0.385 e. The molecule has 1 amide bonds. The molecule has 0 aliphatic rings. The summed E-state index contributed by atoms with van der Waals surface area (Å²) < 4.78 is 4.96. The molecular formula is C17H25N3O2S. The van der Waals surface area contributed by atoms with Crippen molar-refractivity contribution in [1.29, 1.82) is 0 Å². The van der Waals surface area contributed by atoms with Crippen molar-refractivity contribution in [2.45, 2.75) is 19.8 Å². The van der Waals surface area contributed by atoms with Crippen molar-refractivity contribution >= 4 is 29.3 Å². The fraction of sp³-hybridized carbons (Fsp3) is 0.412. The zero-order valence-electron chi connectivity index (χ0n) is 14.0. The van der Waals surface area contributed by atoms with Crippen LogP contribution in [0.1, 0.15) is 24.5 Å². The first kappa shape index (κ1) is 19.1. The lowest BCUT2D eigenvalue weighted by atomic mass is 10.1. The largest absolute Gasteiger partial charge is 0.385 e. The van der Waals surface area contributed by atoms with E-state index in [1.54, 1.807) is 20.2 Å². The van der Waals surface area contributed by atoms with Crippen molar-refractivity contribution in [3.8, 4) is 0 Å². The Hall–Kier alpha value is -1.92. The molecule has 0 aliphatic carbocycles. The molecule has 1 aromatic carbocycles. The van der Waals surface area contributed by atoms with Crippen LogP contribution in [-0.4, -0.2) is 43.3 Å². The Balaban J connectivity index is 2.39. The summed E-state index contributed by atoms with van der Waals surface area (Å²) in [6, 6.07) is 8.11. The van der Waals surface area contributed by atoms with E-state index in [0.717, 1.165) is 18.4 Å². The number of nitrogens with zero attached hydrogens (tertiary/aromatic N) is 1. The van der Waals surface area contributed by atoms with E-state index in [1.165, 1.54) is 16.6 Å². The van der Waals surface area contributed by atoms with Gasteiger partial charge in [-0.05, 0) is 42.3 Å². The first-order valence-corrected chi connectivity index (χ1v) is 8.05. The third-order valence-electron chi connectivity index (χ3n) is 3.20. The topological polar surface area (TPSA) is 53.6 Å². The number of benzene rings is 1. The average Bonchev–Trinajstić information content (AvgIpc) is 2.57. The summed E-state index contributed by atoms with van der Waals surface area (Å²) in [5.74, 6) is -0.229. The minimum absolute atomic E-state index is 0.229. The number of thiocarbonyl (C=S) groups is 1. The van der Waals surface area contributed by atoms with Crippen LogP contribution >= 0.6 is 12.2 Å². The minimum atomic E-state index is -0.229. The van der Waals surface area contributed by atoms with Crippen LogP contribution in [-0.2, 0) is 16.0 Å². The number of hydrogen-bond donors (Lipinski definition) is 2. The van der Waals surface area contributed by atoms with Crippen LogP contribution in [0.2, 0.25) is 0 Å². The number of carbonyl (C=O) groups is 1. The Morgan fingerprint density at radius 2 is 2.04 bits per heavy atom. The number of hydrogen-bond acceptors (Lipinski definition) is 3. The van der Waals surface area contributed by atoms with Gasteiger partial charge in [-0.15, -0.1) is 0 Å². The molecule has 0 unspecified atom stereocenters. The van der Waals surface area contributed by atoms with E-state index in [1.807, 2.05) is 12.1 Å². The highest BCUT2D eigenvalue weighted by Gasteiger charge is 2.05. The van der Waals surface area contributed by atoms with Crippen molar-refractivity contribution in [2.24, 2.45) is 0 Å². The Bertz CT molecular complexity index is 529. The smallest absolute Gasteiger partial charge is 0.262 e. The molecule has 126 valence electrons. The highest BCUT2D eigenvalue weighted by Crippen LogP contribution is 2.06. The summed E-state index contributed by atoms with van der Waals surface area (Å²) in [5.41, 5.74) is 4.95. The quantitative estimate of drug-likeness (QED) is 0.346. The zero-order chi connectivity index (χ0) is 17.1. The first-order chi connectivity index (χ1) is 11.1. The molecule has 5 nitrogen and oxygen atoms in total. The van der Waals surface area contributed by atoms with Gasteiger partial charge in [-0.25, -0.2) is 0 Å². The second kappa shape index (κ2) is 10.7. The van der Waals surface area contributed by atoms with Crippen LogP contribution in [0.25, 0.3) is 6.08 Å². The molecule has 0 aliphatic heterocycles. The Labute approximate surface area is 143 Å². The summed E-state index contributed by atoms with van der Waals surface area (Å²) in [6.07, 6.45) is 5.12. The average molecular weight is 335 g/mol. The molecule has 0 atom stereocenters. The molecule has 0 aromatic heterocycles.